The fourth-order valence-electron chi connectivity index (χ4n) is 3.81. The molecule has 0 radical (unpaired) electrons. The molecule has 2 heteroatoms. The largest absolute Gasteiger partial charge is 0.393 e. The van der Waals surface area contributed by atoms with Crippen molar-refractivity contribution in [3.05, 3.63) is 48.0 Å². The number of rotatable bonds is 2. The van der Waals surface area contributed by atoms with E-state index in [-0.39, 0.29) is 6.10 Å². The first-order valence-electron chi connectivity index (χ1n) is 7.11. The number of hydrogen-bond acceptors (Lipinski definition) is 2. The van der Waals surface area contributed by atoms with Crippen molar-refractivity contribution in [2.24, 2.45) is 5.41 Å². The lowest BCUT2D eigenvalue weighted by Gasteiger charge is -2.58. The van der Waals surface area contributed by atoms with Gasteiger partial charge in [0.15, 0.2) is 0 Å². The van der Waals surface area contributed by atoms with Crippen LogP contribution in [0.2, 0.25) is 0 Å². The zero-order chi connectivity index (χ0) is 12.9. The van der Waals surface area contributed by atoms with Crippen LogP contribution in [0.1, 0.15) is 18.4 Å². The summed E-state index contributed by atoms with van der Waals surface area (Å²) in [4.78, 5) is 2.50. The summed E-state index contributed by atoms with van der Waals surface area (Å²) in [5, 5.41) is 12.1. The second kappa shape index (κ2) is 4.06. The molecule has 4 rings (SSSR count). The summed E-state index contributed by atoms with van der Waals surface area (Å²) in [5.41, 5.74) is 1.87. The van der Waals surface area contributed by atoms with Crippen LogP contribution >= 0.6 is 0 Å². The lowest BCUT2D eigenvalue weighted by molar-refractivity contribution is -0.130. The minimum atomic E-state index is -0.0252. The van der Waals surface area contributed by atoms with Crippen LogP contribution < -0.4 is 0 Å². The second-order valence-corrected chi connectivity index (χ2v) is 6.39. The molecule has 1 N–H and O–H groups in total. The third-order valence-corrected chi connectivity index (χ3v) is 4.68. The van der Waals surface area contributed by atoms with Crippen LogP contribution in [0.15, 0.2) is 42.5 Å². The minimum Gasteiger partial charge on any atom is -0.393 e. The summed E-state index contributed by atoms with van der Waals surface area (Å²) in [6.45, 7) is 3.37. The van der Waals surface area contributed by atoms with Gasteiger partial charge in [-0.15, -0.1) is 0 Å². The lowest BCUT2D eigenvalue weighted by atomic mass is 9.62. The Balaban J connectivity index is 1.45. The summed E-state index contributed by atoms with van der Waals surface area (Å²) in [6, 6.07) is 15.3. The van der Waals surface area contributed by atoms with Gasteiger partial charge in [0.2, 0.25) is 0 Å². The van der Waals surface area contributed by atoms with E-state index in [0.717, 1.165) is 32.5 Å². The number of nitrogens with zero attached hydrogens (tertiary/aromatic N) is 1. The molecule has 19 heavy (non-hydrogen) atoms. The Labute approximate surface area is 113 Å². The summed E-state index contributed by atoms with van der Waals surface area (Å²) in [7, 11) is 0. The van der Waals surface area contributed by atoms with Crippen LogP contribution in [-0.2, 0) is 6.54 Å². The number of benzene rings is 2. The van der Waals surface area contributed by atoms with Gasteiger partial charge < -0.3 is 5.11 Å². The molecule has 2 aromatic carbocycles. The van der Waals surface area contributed by atoms with Crippen molar-refractivity contribution in [1.82, 2.24) is 4.90 Å². The van der Waals surface area contributed by atoms with E-state index in [9.17, 15) is 5.11 Å². The maximum atomic E-state index is 9.42. The molecule has 0 unspecified atom stereocenters. The van der Waals surface area contributed by atoms with E-state index >= 15 is 0 Å². The molecule has 2 nitrogen and oxygen atoms in total. The molecule has 1 saturated heterocycles. The van der Waals surface area contributed by atoms with Crippen molar-refractivity contribution in [3.8, 4) is 0 Å². The molecule has 98 valence electrons. The molecular formula is C17H19NO. The van der Waals surface area contributed by atoms with Crippen molar-refractivity contribution in [2.75, 3.05) is 13.1 Å². The number of likely N-dealkylation sites (tertiary alicyclic amines) is 1. The summed E-state index contributed by atoms with van der Waals surface area (Å²) < 4.78 is 0. The molecule has 0 bridgehead atoms. The van der Waals surface area contributed by atoms with Gasteiger partial charge in [-0.05, 0) is 35.2 Å². The smallest absolute Gasteiger partial charge is 0.0552 e. The summed E-state index contributed by atoms with van der Waals surface area (Å²) in [6.07, 6.45) is 2.01. The average Bonchev–Trinajstić information content (AvgIpc) is 2.34. The number of aliphatic hydroxyl groups excluding tert-OH is 1. The quantitative estimate of drug-likeness (QED) is 0.889. The Bertz CT molecular complexity index is 607. The third kappa shape index (κ3) is 1.96. The van der Waals surface area contributed by atoms with Gasteiger partial charge >= 0.3 is 0 Å². The lowest BCUT2D eigenvalue weighted by Crippen LogP contribution is -2.63. The molecule has 0 amide bonds. The van der Waals surface area contributed by atoms with Crippen molar-refractivity contribution in [2.45, 2.75) is 25.5 Å². The minimum absolute atomic E-state index is 0.0252. The van der Waals surface area contributed by atoms with Crippen molar-refractivity contribution in [1.29, 1.82) is 0 Å². The van der Waals surface area contributed by atoms with Crippen LogP contribution in [0.4, 0.5) is 0 Å². The van der Waals surface area contributed by atoms with Crippen LogP contribution in [0.25, 0.3) is 10.8 Å². The Morgan fingerprint density at radius 2 is 1.79 bits per heavy atom. The van der Waals surface area contributed by atoms with Gasteiger partial charge in [0, 0.05) is 25.0 Å². The topological polar surface area (TPSA) is 23.5 Å². The Morgan fingerprint density at radius 1 is 1.05 bits per heavy atom. The Morgan fingerprint density at radius 3 is 2.53 bits per heavy atom. The van der Waals surface area contributed by atoms with E-state index in [4.69, 9.17) is 0 Å². The highest BCUT2D eigenvalue weighted by atomic mass is 16.3. The molecule has 2 fully saturated rings. The first kappa shape index (κ1) is 11.4. The van der Waals surface area contributed by atoms with Gasteiger partial charge in [-0.3, -0.25) is 4.90 Å². The van der Waals surface area contributed by atoms with Gasteiger partial charge in [0.05, 0.1) is 6.10 Å². The predicted molar refractivity (Wildman–Crippen MR) is 76.9 cm³/mol. The van der Waals surface area contributed by atoms with E-state index < -0.39 is 0 Å². The molecule has 2 aromatic rings. The molecule has 2 aliphatic rings. The second-order valence-electron chi connectivity index (χ2n) is 6.39. The molecule has 1 saturated carbocycles. The van der Waals surface area contributed by atoms with E-state index in [1.165, 1.54) is 16.3 Å². The standard InChI is InChI=1S/C17H19NO/c19-16-8-17(9-16)11-18(12-17)10-13-5-6-14-3-1-2-4-15(14)7-13/h1-7,16,19H,8-12H2. The van der Waals surface area contributed by atoms with Gasteiger partial charge in [-0.2, -0.15) is 0 Å². The molecule has 0 aromatic heterocycles. The maximum Gasteiger partial charge on any atom is 0.0552 e. The summed E-state index contributed by atoms with van der Waals surface area (Å²) in [5.74, 6) is 0. The maximum absolute atomic E-state index is 9.42. The highest BCUT2D eigenvalue weighted by Gasteiger charge is 2.51. The Kier molecular flexibility index (Phi) is 2.44. The summed E-state index contributed by atoms with van der Waals surface area (Å²) >= 11 is 0. The first-order valence-corrected chi connectivity index (χ1v) is 7.11. The monoisotopic (exact) mass is 253 g/mol. The third-order valence-electron chi connectivity index (χ3n) is 4.68. The van der Waals surface area contributed by atoms with Crippen LogP contribution in [0.3, 0.4) is 0 Å². The van der Waals surface area contributed by atoms with Gasteiger partial charge in [0.1, 0.15) is 0 Å². The number of aliphatic hydroxyl groups is 1. The van der Waals surface area contributed by atoms with Gasteiger partial charge in [-0.1, -0.05) is 36.4 Å². The normalized spacial score (nSPS) is 22.4. The van der Waals surface area contributed by atoms with Crippen LogP contribution in [-0.4, -0.2) is 29.2 Å². The Hall–Kier alpha value is -1.38. The van der Waals surface area contributed by atoms with Crippen molar-refractivity contribution in [3.63, 3.8) is 0 Å². The zero-order valence-electron chi connectivity index (χ0n) is 11.0. The molecular weight excluding hydrogens is 234 g/mol. The number of fused-ring (bicyclic) bond motifs is 1. The SMILES string of the molecule is OC1CC2(C1)CN(Cc1ccc3ccccc3c1)C2. The van der Waals surface area contributed by atoms with E-state index in [0.29, 0.717) is 5.41 Å². The van der Waals surface area contributed by atoms with E-state index in [2.05, 4.69) is 47.4 Å². The van der Waals surface area contributed by atoms with Crippen molar-refractivity contribution < 1.29 is 5.11 Å². The molecule has 0 atom stereocenters. The highest BCUT2D eigenvalue weighted by Crippen LogP contribution is 2.48. The first-order chi connectivity index (χ1) is 9.22. The fourth-order valence-corrected chi connectivity index (χ4v) is 3.81. The van der Waals surface area contributed by atoms with E-state index in [1.54, 1.807) is 0 Å². The molecule has 1 heterocycles. The van der Waals surface area contributed by atoms with Crippen molar-refractivity contribution >= 4 is 10.8 Å². The fraction of sp³-hybridized carbons (Fsp3) is 0.412. The predicted octanol–water partition coefficient (Wildman–Crippen LogP) is 2.80. The van der Waals surface area contributed by atoms with Gasteiger partial charge in [0.25, 0.3) is 0 Å². The van der Waals surface area contributed by atoms with Crippen LogP contribution in [0.5, 0.6) is 0 Å². The van der Waals surface area contributed by atoms with Crippen LogP contribution in [0, 0.1) is 5.41 Å². The van der Waals surface area contributed by atoms with Gasteiger partial charge in [-0.25, -0.2) is 0 Å². The molecule has 1 aliphatic carbocycles. The zero-order valence-corrected chi connectivity index (χ0v) is 11.0. The highest BCUT2D eigenvalue weighted by molar-refractivity contribution is 5.82. The average molecular weight is 253 g/mol. The molecule has 1 spiro atoms. The van der Waals surface area contributed by atoms with E-state index in [1.807, 2.05) is 0 Å². The number of hydrogen-bond donors (Lipinski definition) is 1. The molecule has 1 aliphatic heterocycles.